The fourth-order valence-corrected chi connectivity index (χ4v) is 4.20. The number of nitrogens with zero attached hydrogens (tertiary/aromatic N) is 3. The number of sulfonamides is 1. The molecular formula is C16H21N5O4S. The molecule has 1 aliphatic heterocycles. The van der Waals surface area contributed by atoms with Crippen molar-refractivity contribution in [3.05, 3.63) is 35.3 Å². The predicted molar refractivity (Wildman–Crippen MR) is 93.9 cm³/mol. The van der Waals surface area contributed by atoms with E-state index in [2.05, 4.69) is 20.8 Å². The molecule has 0 saturated carbocycles. The third-order valence-corrected chi connectivity index (χ3v) is 5.76. The van der Waals surface area contributed by atoms with E-state index in [1.54, 1.807) is 6.07 Å². The van der Waals surface area contributed by atoms with Crippen molar-refractivity contribution in [1.82, 2.24) is 19.7 Å². The zero-order valence-electron chi connectivity index (χ0n) is 14.7. The summed E-state index contributed by atoms with van der Waals surface area (Å²) in [5, 5.41) is -0.229. The van der Waals surface area contributed by atoms with Gasteiger partial charge in [0.05, 0.1) is 0 Å². The van der Waals surface area contributed by atoms with Crippen LogP contribution in [0.4, 0.5) is 5.95 Å². The lowest BCUT2D eigenvalue weighted by Gasteiger charge is -2.24. The highest BCUT2D eigenvalue weighted by Crippen LogP contribution is 2.22. The predicted octanol–water partition coefficient (Wildman–Crippen LogP) is 1.62. The first-order valence-corrected chi connectivity index (χ1v) is 9.79. The van der Waals surface area contributed by atoms with Crippen molar-refractivity contribution in [2.24, 2.45) is 0 Å². The van der Waals surface area contributed by atoms with E-state index in [0.717, 1.165) is 30.7 Å². The van der Waals surface area contributed by atoms with Gasteiger partial charge in [0.1, 0.15) is 0 Å². The van der Waals surface area contributed by atoms with Crippen LogP contribution in [-0.4, -0.2) is 41.7 Å². The summed E-state index contributed by atoms with van der Waals surface area (Å²) in [6, 6.07) is 4.43. The van der Waals surface area contributed by atoms with Gasteiger partial charge in [-0.25, -0.2) is 18.4 Å². The minimum atomic E-state index is -3.71. The minimum absolute atomic E-state index is 0.113. The van der Waals surface area contributed by atoms with Crippen molar-refractivity contribution in [1.29, 1.82) is 0 Å². The summed E-state index contributed by atoms with van der Waals surface area (Å²) in [7, 11) is -3.71. The summed E-state index contributed by atoms with van der Waals surface area (Å²) in [5.41, 5.74) is 6.50. The first kappa shape index (κ1) is 18.3. The Kier molecular flexibility index (Phi) is 5.23. The fourth-order valence-electron chi connectivity index (χ4n) is 2.77. The maximum Gasteiger partial charge on any atom is 0.305 e. The van der Waals surface area contributed by atoms with Crippen LogP contribution >= 0.6 is 0 Å². The molecule has 10 heteroatoms. The molecule has 3 rings (SSSR count). The molecule has 1 aliphatic rings. The number of anilines is 1. The van der Waals surface area contributed by atoms with E-state index in [-0.39, 0.29) is 16.8 Å². The number of aromatic nitrogens is 2. The van der Waals surface area contributed by atoms with Crippen LogP contribution in [0.5, 0.6) is 0 Å². The normalized spacial score (nSPS) is 15.6. The SMILES string of the molecule is Cc1cc(C)nc(NNC(=O)c2ccc(S(=O)(=O)N3CCCCC3)o2)n1. The second-order valence-corrected chi connectivity index (χ2v) is 8.01. The van der Waals surface area contributed by atoms with Crippen molar-refractivity contribution < 1.29 is 17.6 Å². The Labute approximate surface area is 151 Å². The highest BCUT2D eigenvalue weighted by Gasteiger charge is 2.29. The van der Waals surface area contributed by atoms with Gasteiger partial charge in [0.2, 0.25) is 11.0 Å². The van der Waals surface area contributed by atoms with Gasteiger partial charge >= 0.3 is 5.91 Å². The van der Waals surface area contributed by atoms with Gasteiger partial charge < -0.3 is 4.42 Å². The third-order valence-electron chi connectivity index (χ3n) is 3.98. The number of hydrogen-bond donors (Lipinski definition) is 2. The first-order valence-electron chi connectivity index (χ1n) is 8.35. The molecule has 0 atom stereocenters. The summed E-state index contributed by atoms with van der Waals surface area (Å²) >= 11 is 0. The smallest absolute Gasteiger partial charge is 0.305 e. The molecule has 2 N–H and O–H groups in total. The molecule has 0 bridgehead atoms. The number of carbonyl (C=O) groups is 1. The van der Waals surface area contributed by atoms with Crippen LogP contribution in [0.2, 0.25) is 0 Å². The van der Waals surface area contributed by atoms with Crippen LogP contribution < -0.4 is 10.9 Å². The van der Waals surface area contributed by atoms with Gasteiger partial charge in [-0.3, -0.25) is 15.6 Å². The van der Waals surface area contributed by atoms with Gasteiger partial charge in [-0.05, 0) is 44.9 Å². The largest absolute Gasteiger partial charge is 0.438 e. The number of hydrogen-bond acceptors (Lipinski definition) is 7. The zero-order chi connectivity index (χ0) is 18.7. The summed E-state index contributed by atoms with van der Waals surface area (Å²) in [6.07, 6.45) is 2.67. The molecule has 2 aromatic heterocycles. The van der Waals surface area contributed by atoms with E-state index < -0.39 is 15.9 Å². The van der Waals surface area contributed by atoms with E-state index in [9.17, 15) is 13.2 Å². The van der Waals surface area contributed by atoms with Gasteiger partial charge in [-0.1, -0.05) is 6.42 Å². The standard InChI is InChI=1S/C16H21N5O4S/c1-11-10-12(2)18-16(17-11)20-19-15(22)13-6-7-14(25-13)26(23,24)21-8-4-3-5-9-21/h6-7,10H,3-5,8-9H2,1-2H3,(H,19,22)(H,17,18,20). The van der Waals surface area contributed by atoms with E-state index >= 15 is 0 Å². The van der Waals surface area contributed by atoms with Crippen LogP contribution in [0.25, 0.3) is 0 Å². The van der Waals surface area contributed by atoms with Crippen LogP contribution in [0.1, 0.15) is 41.2 Å². The van der Waals surface area contributed by atoms with E-state index in [1.165, 1.54) is 16.4 Å². The second kappa shape index (κ2) is 7.42. The monoisotopic (exact) mass is 379 g/mol. The van der Waals surface area contributed by atoms with Crippen molar-refractivity contribution >= 4 is 21.9 Å². The minimum Gasteiger partial charge on any atom is -0.438 e. The lowest BCUT2D eigenvalue weighted by Crippen LogP contribution is -2.35. The number of piperidine rings is 1. The molecule has 1 amide bonds. The highest BCUT2D eigenvalue weighted by atomic mass is 32.2. The lowest BCUT2D eigenvalue weighted by molar-refractivity contribution is 0.0929. The number of nitrogens with one attached hydrogen (secondary N) is 2. The summed E-state index contributed by atoms with van der Waals surface area (Å²) in [4.78, 5) is 20.4. The Hall–Kier alpha value is -2.46. The van der Waals surface area contributed by atoms with Crippen LogP contribution in [0, 0.1) is 13.8 Å². The molecule has 0 aliphatic carbocycles. The van der Waals surface area contributed by atoms with Gasteiger partial charge in [-0.15, -0.1) is 0 Å². The highest BCUT2D eigenvalue weighted by molar-refractivity contribution is 7.89. The fraction of sp³-hybridized carbons (Fsp3) is 0.438. The number of furan rings is 1. The van der Waals surface area contributed by atoms with Crippen molar-refractivity contribution in [3.63, 3.8) is 0 Å². The van der Waals surface area contributed by atoms with Crippen LogP contribution in [0.3, 0.4) is 0 Å². The quantitative estimate of drug-likeness (QED) is 0.758. The third kappa shape index (κ3) is 4.02. The lowest BCUT2D eigenvalue weighted by atomic mass is 10.2. The number of rotatable bonds is 5. The summed E-state index contributed by atoms with van der Waals surface area (Å²) in [6.45, 7) is 4.56. The number of carbonyl (C=O) groups excluding carboxylic acids is 1. The maximum absolute atomic E-state index is 12.5. The molecule has 1 fully saturated rings. The second-order valence-electron chi connectivity index (χ2n) is 6.14. The zero-order valence-corrected chi connectivity index (χ0v) is 15.5. The van der Waals surface area contributed by atoms with Crippen LogP contribution in [0.15, 0.2) is 27.7 Å². The van der Waals surface area contributed by atoms with E-state index in [0.29, 0.717) is 13.1 Å². The number of amides is 1. The Morgan fingerprint density at radius 2 is 1.77 bits per heavy atom. The molecule has 0 aromatic carbocycles. The van der Waals surface area contributed by atoms with Crippen LogP contribution in [-0.2, 0) is 10.0 Å². The Balaban J connectivity index is 1.67. The summed E-state index contributed by atoms with van der Waals surface area (Å²) < 4.78 is 31.7. The van der Waals surface area contributed by atoms with Gasteiger partial charge in [0.15, 0.2) is 5.76 Å². The van der Waals surface area contributed by atoms with Gasteiger partial charge in [0.25, 0.3) is 10.0 Å². The first-order chi connectivity index (χ1) is 12.4. The summed E-state index contributed by atoms with van der Waals surface area (Å²) in [5.74, 6) is -0.492. The van der Waals surface area contributed by atoms with E-state index in [1.807, 2.05) is 13.8 Å². The topological polar surface area (TPSA) is 117 Å². The maximum atomic E-state index is 12.5. The molecule has 3 heterocycles. The van der Waals surface area contributed by atoms with Gasteiger partial charge in [-0.2, -0.15) is 4.31 Å². The molecule has 140 valence electrons. The van der Waals surface area contributed by atoms with Crippen molar-refractivity contribution in [2.45, 2.75) is 38.2 Å². The van der Waals surface area contributed by atoms with Crippen molar-refractivity contribution in [3.8, 4) is 0 Å². The molecule has 1 saturated heterocycles. The Morgan fingerprint density at radius 3 is 2.42 bits per heavy atom. The molecule has 2 aromatic rings. The molecule has 26 heavy (non-hydrogen) atoms. The molecule has 0 unspecified atom stereocenters. The van der Waals surface area contributed by atoms with E-state index in [4.69, 9.17) is 4.42 Å². The van der Waals surface area contributed by atoms with Crippen molar-refractivity contribution in [2.75, 3.05) is 18.5 Å². The molecule has 0 radical (unpaired) electrons. The number of aryl methyl sites for hydroxylation is 2. The molecule has 9 nitrogen and oxygen atoms in total. The molecule has 0 spiro atoms. The molecular weight excluding hydrogens is 358 g/mol. The van der Waals surface area contributed by atoms with Gasteiger partial charge in [0, 0.05) is 24.5 Å². The Bertz CT molecular complexity index is 883. The Morgan fingerprint density at radius 1 is 1.12 bits per heavy atom. The average molecular weight is 379 g/mol. The average Bonchev–Trinajstić information content (AvgIpc) is 3.11. The number of hydrazine groups is 1.